The van der Waals surface area contributed by atoms with Crippen LogP contribution in [0.3, 0.4) is 0 Å². The van der Waals surface area contributed by atoms with Crippen LogP contribution in [0.25, 0.3) is 0 Å². The van der Waals surface area contributed by atoms with E-state index in [0.717, 1.165) is 0 Å². The van der Waals surface area contributed by atoms with Crippen LogP contribution in [-0.2, 0) is 4.18 Å². The Hall–Kier alpha value is -0.200. The fraction of sp³-hybridized carbons (Fsp3) is 0.143. The van der Waals surface area contributed by atoms with Gasteiger partial charge in [0.05, 0.1) is 0 Å². The average Bonchev–Trinajstić information content (AvgIpc) is 2.01. The van der Waals surface area contributed by atoms with Crippen LogP contribution in [0.4, 0.5) is 13.2 Å². The van der Waals surface area contributed by atoms with Gasteiger partial charge >= 0.3 is 6.36 Å². The molecule has 0 amide bonds. The molecule has 0 N–H and O–H groups in total. The SMILES string of the molecule is FC(F)(F)OSc1ccccc1Br. The smallest absolute Gasteiger partial charge is 0.215 e. The van der Waals surface area contributed by atoms with Gasteiger partial charge in [-0.2, -0.15) is 0 Å². The fourth-order valence-corrected chi connectivity index (χ4v) is 1.55. The summed E-state index contributed by atoms with van der Waals surface area (Å²) in [5.41, 5.74) is 0. The van der Waals surface area contributed by atoms with Gasteiger partial charge < -0.3 is 0 Å². The van der Waals surface area contributed by atoms with E-state index in [9.17, 15) is 13.2 Å². The molecule has 0 aliphatic carbocycles. The molecule has 1 aromatic rings. The second-order valence-electron chi connectivity index (χ2n) is 2.04. The molecule has 0 saturated heterocycles. The highest BCUT2D eigenvalue weighted by Gasteiger charge is 2.30. The summed E-state index contributed by atoms with van der Waals surface area (Å²) in [5.74, 6) is 0. The first kappa shape index (κ1) is 10.9. The monoisotopic (exact) mass is 272 g/mol. The first-order valence-corrected chi connectivity index (χ1v) is 4.69. The van der Waals surface area contributed by atoms with E-state index < -0.39 is 6.36 Å². The Bertz CT molecular complexity index is 289. The van der Waals surface area contributed by atoms with Gasteiger partial charge in [0.25, 0.3) is 0 Å². The lowest BCUT2D eigenvalue weighted by Gasteiger charge is -2.06. The van der Waals surface area contributed by atoms with Crippen molar-refractivity contribution in [1.29, 1.82) is 0 Å². The van der Waals surface area contributed by atoms with Gasteiger partial charge in [-0.05, 0) is 28.1 Å². The Morgan fingerprint density at radius 1 is 1.23 bits per heavy atom. The number of rotatable bonds is 2. The molecule has 1 rings (SSSR count). The molecule has 13 heavy (non-hydrogen) atoms. The summed E-state index contributed by atoms with van der Waals surface area (Å²) in [7, 11) is 0. The lowest BCUT2D eigenvalue weighted by atomic mass is 10.4. The van der Waals surface area contributed by atoms with Gasteiger partial charge in [-0.1, -0.05) is 12.1 Å². The third-order valence-corrected chi connectivity index (χ3v) is 2.82. The maximum absolute atomic E-state index is 11.6. The van der Waals surface area contributed by atoms with Crippen LogP contribution in [-0.4, -0.2) is 6.36 Å². The molecule has 0 saturated carbocycles. The topological polar surface area (TPSA) is 9.23 Å². The van der Waals surface area contributed by atoms with E-state index in [0.29, 0.717) is 9.37 Å². The van der Waals surface area contributed by atoms with Gasteiger partial charge in [-0.15, -0.1) is 13.2 Å². The number of hydrogen-bond donors (Lipinski definition) is 0. The predicted octanol–water partition coefficient (Wildman–Crippen LogP) is 3.99. The van der Waals surface area contributed by atoms with E-state index in [1.165, 1.54) is 6.07 Å². The molecule has 1 aromatic carbocycles. The largest absolute Gasteiger partial charge is 0.533 e. The standard InChI is InChI=1S/C7H4BrF3OS/c8-5-3-1-2-4-6(5)13-12-7(9,10)11/h1-4H. The number of alkyl halides is 3. The van der Waals surface area contributed by atoms with Crippen LogP contribution in [0.1, 0.15) is 0 Å². The highest BCUT2D eigenvalue weighted by molar-refractivity contribution is 9.10. The van der Waals surface area contributed by atoms with Gasteiger partial charge in [-0.3, -0.25) is 0 Å². The van der Waals surface area contributed by atoms with Crippen molar-refractivity contribution in [3.63, 3.8) is 0 Å². The van der Waals surface area contributed by atoms with E-state index in [1.807, 2.05) is 0 Å². The Balaban J connectivity index is 2.60. The van der Waals surface area contributed by atoms with E-state index in [2.05, 4.69) is 20.1 Å². The molecule has 1 nitrogen and oxygen atoms in total. The van der Waals surface area contributed by atoms with Gasteiger partial charge in [0.2, 0.25) is 0 Å². The Kier molecular flexibility index (Phi) is 3.63. The first-order valence-electron chi connectivity index (χ1n) is 3.16. The van der Waals surface area contributed by atoms with E-state index >= 15 is 0 Å². The lowest BCUT2D eigenvalue weighted by molar-refractivity contribution is -0.266. The van der Waals surface area contributed by atoms with Gasteiger partial charge in [-0.25, -0.2) is 4.18 Å². The molecule has 0 unspecified atom stereocenters. The van der Waals surface area contributed by atoms with Gasteiger partial charge in [0, 0.05) is 21.4 Å². The molecule has 0 aliphatic heterocycles. The Morgan fingerprint density at radius 2 is 1.85 bits per heavy atom. The normalized spacial score (nSPS) is 11.7. The van der Waals surface area contributed by atoms with Crippen LogP contribution in [0.2, 0.25) is 0 Å². The molecule has 0 spiro atoms. The van der Waals surface area contributed by atoms with Crippen molar-refractivity contribution in [2.24, 2.45) is 0 Å². The minimum absolute atomic E-state index is 0.282. The van der Waals surface area contributed by atoms with Crippen LogP contribution in [0.15, 0.2) is 33.6 Å². The zero-order valence-electron chi connectivity index (χ0n) is 6.14. The molecule has 0 heterocycles. The summed E-state index contributed by atoms with van der Waals surface area (Å²) >= 11 is 3.38. The maximum Gasteiger partial charge on any atom is 0.533 e. The summed E-state index contributed by atoms with van der Waals surface area (Å²) in [4.78, 5) is 0.389. The summed E-state index contributed by atoms with van der Waals surface area (Å²) in [6.07, 6.45) is -4.61. The third-order valence-electron chi connectivity index (χ3n) is 1.06. The number of hydrogen-bond acceptors (Lipinski definition) is 2. The fourth-order valence-electron chi connectivity index (χ4n) is 0.604. The molecule has 0 atom stereocenters. The molecule has 0 fully saturated rings. The molecule has 6 heteroatoms. The molecular formula is C7H4BrF3OS. The predicted molar refractivity (Wildman–Crippen MR) is 47.1 cm³/mol. The van der Waals surface area contributed by atoms with Crippen molar-refractivity contribution in [2.45, 2.75) is 11.3 Å². The van der Waals surface area contributed by atoms with Crippen molar-refractivity contribution in [3.05, 3.63) is 28.7 Å². The van der Waals surface area contributed by atoms with E-state index in [4.69, 9.17) is 0 Å². The highest BCUT2D eigenvalue weighted by Crippen LogP contribution is 2.33. The molecular weight excluding hydrogens is 269 g/mol. The average molecular weight is 273 g/mol. The number of halogens is 4. The Labute approximate surface area is 85.6 Å². The van der Waals surface area contributed by atoms with Crippen molar-refractivity contribution in [2.75, 3.05) is 0 Å². The van der Waals surface area contributed by atoms with Gasteiger partial charge in [0.15, 0.2) is 0 Å². The van der Waals surface area contributed by atoms with Gasteiger partial charge in [0.1, 0.15) is 0 Å². The summed E-state index contributed by atoms with van der Waals surface area (Å²) in [6, 6.07) is 6.51. The van der Waals surface area contributed by atoms with Crippen LogP contribution in [0.5, 0.6) is 0 Å². The first-order chi connectivity index (χ1) is 5.99. The minimum Gasteiger partial charge on any atom is -0.215 e. The number of benzene rings is 1. The Morgan fingerprint density at radius 3 is 2.38 bits per heavy atom. The second kappa shape index (κ2) is 4.34. The maximum atomic E-state index is 11.6. The molecule has 0 radical (unpaired) electrons. The summed E-state index contributed by atoms with van der Waals surface area (Å²) < 4.78 is 39.0. The highest BCUT2D eigenvalue weighted by atomic mass is 79.9. The third kappa shape index (κ3) is 4.02. The minimum atomic E-state index is -4.61. The quantitative estimate of drug-likeness (QED) is 0.753. The molecule has 0 aliphatic rings. The summed E-state index contributed by atoms with van der Waals surface area (Å²) in [6.45, 7) is 0. The molecule has 72 valence electrons. The van der Waals surface area contributed by atoms with Crippen molar-refractivity contribution < 1.29 is 17.4 Å². The summed E-state index contributed by atoms with van der Waals surface area (Å²) in [5, 5.41) is 0. The molecule has 0 bridgehead atoms. The van der Waals surface area contributed by atoms with Crippen molar-refractivity contribution in [1.82, 2.24) is 0 Å². The van der Waals surface area contributed by atoms with E-state index in [1.54, 1.807) is 18.2 Å². The van der Waals surface area contributed by atoms with Crippen LogP contribution >= 0.6 is 28.0 Å². The zero-order valence-corrected chi connectivity index (χ0v) is 8.54. The van der Waals surface area contributed by atoms with Crippen LogP contribution < -0.4 is 0 Å². The lowest BCUT2D eigenvalue weighted by Crippen LogP contribution is -2.07. The van der Waals surface area contributed by atoms with Crippen molar-refractivity contribution >= 4 is 28.0 Å². The second-order valence-corrected chi connectivity index (χ2v) is 3.67. The van der Waals surface area contributed by atoms with E-state index in [-0.39, 0.29) is 12.0 Å². The van der Waals surface area contributed by atoms with Crippen molar-refractivity contribution in [3.8, 4) is 0 Å². The zero-order chi connectivity index (χ0) is 9.90. The van der Waals surface area contributed by atoms with Crippen LogP contribution in [0, 0.1) is 0 Å². The molecule has 0 aromatic heterocycles.